The number of nitrogens with zero attached hydrogens (tertiary/aromatic N) is 3. The number of nitrogens with one attached hydrogen (secondary N) is 1. The van der Waals surface area contributed by atoms with E-state index in [4.69, 9.17) is 14.5 Å². The number of likely N-dealkylation sites (tertiary alicyclic amines) is 1. The maximum Gasteiger partial charge on any atom is 0.193 e. The number of aliphatic imine (C=N–C) groups is 1. The van der Waals surface area contributed by atoms with Crippen molar-refractivity contribution in [2.24, 2.45) is 4.99 Å². The first-order chi connectivity index (χ1) is 13.6. The van der Waals surface area contributed by atoms with Crippen molar-refractivity contribution in [3.05, 3.63) is 24.3 Å². The molecule has 7 nitrogen and oxygen atoms in total. The number of likely N-dealkylation sites (N-methyl/N-ethyl adjacent to an activating group) is 1. The highest BCUT2D eigenvalue weighted by Crippen LogP contribution is 2.16. The van der Waals surface area contributed by atoms with E-state index in [9.17, 15) is 5.11 Å². The lowest BCUT2D eigenvalue weighted by Crippen LogP contribution is -2.41. The Morgan fingerprint density at radius 2 is 1.90 bits per heavy atom. The van der Waals surface area contributed by atoms with Gasteiger partial charge in [-0.3, -0.25) is 4.99 Å². The lowest BCUT2D eigenvalue weighted by atomic mass is 10.1. The molecule has 1 aliphatic heterocycles. The van der Waals surface area contributed by atoms with Crippen LogP contribution in [-0.2, 0) is 0 Å². The molecule has 1 saturated heterocycles. The lowest BCUT2D eigenvalue weighted by Gasteiger charge is -2.29. The van der Waals surface area contributed by atoms with E-state index in [0.717, 1.165) is 76.0 Å². The highest BCUT2D eigenvalue weighted by molar-refractivity contribution is 14.0. The molecule has 0 atom stereocenters. The Kier molecular flexibility index (Phi) is 13.0. The maximum atomic E-state index is 9.58. The first-order valence-electron chi connectivity index (χ1n) is 10.3. The molecule has 1 aromatic rings. The van der Waals surface area contributed by atoms with Crippen LogP contribution in [0.3, 0.4) is 0 Å². The van der Waals surface area contributed by atoms with E-state index in [1.165, 1.54) is 0 Å². The van der Waals surface area contributed by atoms with Crippen LogP contribution in [0.1, 0.15) is 26.2 Å². The Bertz CT molecular complexity index is 578. The van der Waals surface area contributed by atoms with Gasteiger partial charge < -0.3 is 29.7 Å². The Hall–Kier alpha value is -1.26. The Balaban J connectivity index is 0.00000420. The zero-order valence-corrected chi connectivity index (χ0v) is 20.3. The molecule has 29 heavy (non-hydrogen) atoms. The zero-order valence-electron chi connectivity index (χ0n) is 18.0. The average Bonchev–Trinajstić information content (AvgIpc) is 2.72. The summed E-state index contributed by atoms with van der Waals surface area (Å²) in [6, 6.07) is 7.62. The van der Waals surface area contributed by atoms with Gasteiger partial charge in [-0.2, -0.15) is 0 Å². The minimum Gasteiger partial charge on any atom is -0.497 e. The molecule has 0 aliphatic carbocycles. The van der Waals surface area contributed by atoms with E-state index in [0.29, 0.717) is 6.61 Å². The quantitative estimate of drug-likeness (QED) is 0.214. The molecule has 0 unspecified atom stereocenters. The van der Waals surface area contributed by atoms with Crippen molar-refractivity contribution >= 4 is 29.9 Å². The van der Waals surface area contributed by atoms with Crippen molar-refractivity contribution < 1.29 is 14.6 Å². The normalized spacial score (nSPS) is 15.5. The van der Waals surface area contributed by atoms with Gasteiger partial charge in [-0.25, -0.2) is 0 Å². The van der Waals surface area contributed by atoms with Crippen LogP contribution in [0, 0.1) is 0 Å². The SMILES string of the molecule is CCNC(=NCCCN1CCC(O)CC1)N(C)CCOc1ccc(OC)cc1.I. The third-order valence-corrected chi connectivity index (χ3v) is 4.90. The monoisotopic (exact) mass is 520 g/mol. The minimum absolute atomic E-state index is 0. The number of methoxy groups -OCH3 is 1. The van der Waals surface area contributed by atoms with E-state index in [2.05, 4.69) is 22.0 Å². The van der Waals surface area contributed by atoms with Gasteiger partial charge in [0, 0.05) is 33.2 Å². The Labute approximate surface area is 192 Å². The van der Waals surface area contributed by atoms with Gasteiger partial charge in [-0.05, 0) is 57.0 Å². The molecule has 0 bridgehead atoms. The number of benzene rings is 1. The standard InChI is InChI=1S/C21H36N4O3.HI/c1-4-22-21(23-12-5-13-25-14-10-18(26)11-15-25)24(2)16-17-28-20-8-6-19(27-3)7-9-20;/h6-9,18,26H,4-5,10-17H2,1-3H3,(H,22,23);1H. The molecule has 8 heteroatoms. The van der Waals surface area contributed by atoms with Gasteiger partial charge in [0.15, 0.2) is 5.96 Å². The first kappa shape index (κ1) is 25.8. The predicted octanol–water partition coefficient (Wildman–Crippen LogP) is 2.44. The summed E-state index contributed by atoms with van der Waals surface area (Å²) in [5.41, 5.74) is 0. The van der Waals surface area contributed by atoms with Crippen molar-refractivity contribution in [3.8, 4) is 11.5 Å². The fraction of sp³-hybridized carbons (Fsp3) is 0.667. The van der Waals surface area contributed by atoms with Gasteiger partial charge >= 0.3 is 0 Å². The van der Waals surface area contributed by atoms with E-state index in [1.54, 1.807) is 7.11 Å². The third kappa shape index (κ3) is 9.86. The zero-order chi connectivity index (χ0) is 20.2. The second-order valence-electron chi connectivity index (χ2n) is 7.11. The molecule has 1 heterocycles. The molecule has 2 rings (SSSR count). The Morgan fingerprint density at radius 3 is 2.52 bits per heavy atom. The summed E-state index contributed by atoms with van der Waals surface area (Å²) in [4.78, 5) is 9.26. The predicted molar refractivity (Wildman–Crippen MR) is 129 cm³/mol. The number of aliphatic hydroxyl groups excluding tert-OH is 1. The summed E-state index contributed by atoms with van der Waals surface area (Å²) in [6.07, 6.45) is 2.70. The number of rotatable bonds is 10. The average molecular weight is 520 g/mol. The highest BCUT2D eigenvalue weighted by atomic mass is 127. The lowest BCUT2D eigenvalue weighted by molar-refractivity contribution is 0.0824. The van der Waals surface area contributed by atoms with E-state index >= 15 is 0 Å². The summed E-state index contributed by atoms with van der Waals surface area (Å²) in [7, 11) is 3.69. The number of piperidine rings is 1. The molecule has 1 fully saturated rings. The third-order valence-electron chi connectivity index (χ3n) is 4.90. The molecule has 1 aromatic carbocycles. The molecular formula is C21H37IN4O3. The molecule has 0 aromatic heterocycles. The van der Waals surface area contributed by atoms with Gasteiger partial charge in [0.2, 0.25) is 0 Å². The molecule has 0 amide bonds. The molecular weight excluding hydrogens is 483 g/mol. The topological polar surface area (TPSA) is 69.6 Å². The second kappa shape index (κ2) is 14.7. The minimum atomic E-state index is -0.108. The van der Waals surface area contributed by atoms with Crippen molar-refractivity contribution in [3.63, 3.8) is 0 Å². The smallest absolute Gasteiger partial charge is 0.193 e. The van der Waals surface area contributed by atoms with E-state index in [-0.39, 0.29) is 30.1 Å². The van der Waals surface area contributed by atoms with Gasteiger partial charge in [-0.1, -0.05) is 0 Å². The van der Waals surface area contributed by atoms with Crippen LogP contribution in [-0.4, -0.2) is 87.0 Å². The molecule has 0 saturated carbocycles. The van der Waals surface area contributed by atoms with Crippen molar-refractivity contribution in [2.45, 2.75) is 32.3 Å². The van der Waals surface area contributed by atoms with Gasteiger partial charge in [-0.15, -0.1) is 24.0 Å². The molecule has 0 spiro atoms. The van der Waals surface area contributed by atoms with Crippen LogP contribution in [0.2, 0.25) is 0 Å². The number of halogens is 1. The molecule has 0 radical (unpaired) electrons. The fourth-order valence-electron chi connectivity index (χ4n) is 3.17. The van der Waals surface area contributed by atoms with Crippen LogP contribution < -0.4 is 14.8 Å². The maximum absolute atomic E-state index is 9.58. The fourth-order valence-corrected chi connectivity index (χ4v) is 3.17. The summed E-state index contributed by atoms with van der Waals surface area (Å²) >= 11 is 0. The van der Waals surface area contributed by atoms with Crippen LogP contribution in [0.4, 0.5) is 0 Å². The van der Waals surface area contributed by atoms with Crippen LogP contribution >= 0.6 is 24.0 Å². The van der Waals surface area contributed by atoms with E-state index < -0.39 is 0 Å². The number of hydrogen-bond acceptors (Lipinski definition) is 5. The second-order valence-corrected chi connectivity index (χ2v) is 7.11. The van der Waals surface area contributed by atoms with Gasteiger partial charge in [0.25, 0.3) is 0 Å². The Morgan fingerprint density at radius 1 is 1.24 bits per heavy atom. The first-order valence-corrected chi connectivity index (χ1v) is 10.3. The van der Waals surface area contributed by atoms with Crippen LogP contribution in [0.15, 0.2) is 29.3 Å². The largest absolute Gasteiger partial charge is 0.497 e. The molecule has 2 N–H and O–H groups in total. The summed E-state index contributed by atoms with van der Waals surface area (Å²) in [5, 5.41) is 12.9. The van der Waals surface area contributed by atoms with Crippen LogP contribution in [0.25, 0.3) is 0 Å². The van der Waals surface area contributed by atoms with Gasteiger partial charge in [0.05, 0.1) is 19.8 Å². The van der Waals surface area contributed by atoms with Crippen molar-refractivity contribution in [1.82, 2.24) is 15.1 Å². The molecule has 166 valence electrons. The van der Waals surface area contributed by atoms with Gasteiger partial charge in [0.1, 0.15) is 18.1 Å². The number of hydrogen-bond donors (Lipinski definition) is 2. The number of guanidine groups is 1. The summed E-state index contributed by atoms with van der Waals surface area (Å²) in [6.45, 7) is 8.08. The molecule has 1 aliphatic rings. The summed E-state index contributed by atoms with van der Waals surface area (Å²) in [5.74, 6) is 2.57. The van der Waals surface area contributed by atoms with Crippen LogP contribution in [0.5, 0.6) is 11.5 Å². The number of ether oxygens (including phenoxy) is 2. The number of aliphatic hydroxyl groups is 1. The van der Waals surface area contributed by atoms with E-state index in [1.807, 2.05) is 31.3 Å². The van der Waals surface area contributed by atoms with Crippen molar-refractivity contribution in [2.75, 3.05) is 60.0 Å². The summed E-state index contributed by atoms with van der Waals surface area (Å²) < 4.78 is 11.0. The highest BCUT2D eigenvalue weighted by Gasteiger charge is 2.16. The van der Waals surface area contributed by atoms with Crippen molar-refractivity contribution in [1.29, 1.82) is 0 Å².